The Morgan fingerprint density at radius 3 is 2.53 bits per heavy atom. The van der Waals surface area contributed by atoms with E-state index in [1.807, 2.05) is 0 Å². The highest BCUT2D eigenvalue weighted by Gasteiger charge is 2.04. The first-order valence-electron chi connectivity index (χ1n) is 6.72. The summed E-state index contributed by atoms with van der Waals surface area (Å²) in [4.78, 5) is 0. The quantitative estimate of drug-likeness (QED) is 0.725. The van der Waals surface area contributed by atoms with Gasteiger partial charge in [0.2, 0.25) is 0 Å². The summed E-state index contributed by atoms with van der Waals surface area (Å²) < 4.78 is 0. The summed E-state index contributed by atoms with van der Waals surface area (Å²) in [5.74, 6) is 0.747. The Kier molecular flexibility index (Phi) is 6.90. The fourth-order valence-corrected chi connectivity index (χ4v) is 1.76. The molecule has 0 amide bonds. The van der Waals surface area contributed by atoms with Crippen LogP contribution in [-0.2, 0) is 6.42 Å². The van der Waals surface area contributed by atoms with E-state index in [1.165, 1.54) is 12.0 Å². The molecule has 0 aliphatic rings. The Morgan fingerprint density at radius 1 is 1.18 bits per heavy atom. The van der Waals surface area contributed by atoms with Crippen LogP contribution in [-0.4, -0.2) is 19.1 Å². The summed E-state index contributed by atoms with van der Waals surface area (Å²) in [7, 11) is 0. The third kappa shape index (κ3) is 6.44. The molecule has 1 rings (SSSR count). The zero-order valence-electron chi connectivity index (χ0n) is 11.2. The van der Waals surface area contributed by atoms with Gasteiger partial charge in [0, 0.05) is 12.6 Å². The van der Waals surface area contributed by atoms with Gasteiger partial charge in [-0.1, -0.05) is 50.6 Å². The van der Waals surface area contributed by atoms with E-state index in [2.05, 4.69) is 49.5 Å². The molecule has 17 heavy (non-hydrogen) atoms. The van der Waals surface area contributed by atoms with E-state index >= 15 is 0 Å². The van der Waals surface area contributed by atoms with Gasteiger partial charge >= 0.3 is 0 Å². The molecule has 2 nitrogen and oxygen atoms in total. The summed E-state index contributed by atoms with van der Waals surface area (Å²) in [6.07, 6.45) is 3.36. The van der Waals surface area contributed by atoms with Crippen LogP contribution in [0.4, 0.5) is 0 Å². The number of benzene rings is 1. The molecule has 0 saturated carbocycles. The van der Waals surface area contributed by atoms with E-state index in [0.717, 1.165) is 31.8 Å². The van der Waals surface area contributed by atoms with Gasteiger partial charge in [-0.3, -0.25) is 0 Å². The summed E-state index contributed by atoms with van der Waals surface area (Å²) in [5.41, 5.74) is 7.47. The van der Waals surface area contributed by atoms with Gasteiger partial charge in [0.25, 0.3) is 0 Å². The van der Waals surface area contributed by atoms with E-state index in [9.17, 15) is 0 Å². The number of hydrogen-bond donors (Lipinski definition) is 2. The normalized spacial score (nSPS) is 14.5. The first-order valence-corrected chi connectivity index (χ1v) is 6.72. The third-order valence-corrected chi connectivity index (χ3v) is 3.24. The van der Waals surface area contributed by atoms with E-state index in [4.69, 9.17) is 5.73 Å². The first-order chi connectivity index (χ1) is 8.22. The molecule has 3 N–H and O–H groups in total. The Bertz CT molecular complexity index is 284. The molecule has 0 radical (unpaired) electrons. The summed E-state index contributed by atoms with van der Waals surface area (Å²) in [6.45, 7) is 6.50. The molecule has 2 atom stereocenters. The molecule has 0 aromatic heterocycles. The van der Waals surface area contributed by atoms with Gasteiger partial charge in [-0.15, -0.1) is 0 Å². The minimum Gasteiger partial charge on any atom is -0.327 e. The molecule has 96 valence electrons. The highest BCUT2D eigenvalue weighted by molar-refractivity contribution is 5.14. The minimum atomic E-state index is 0.263. The van der Waals surface area contributed by atoms with Crippen molar-refractivity contribution < 1.29 is 0 Å². The van der Waals surface area contributed by atoms with Crippen LogP contribution in [0.3, 0.4) is 0 Å². The molecule has 2 unspecified atom stereocenters. The molecule has 0 heterocycles. The standard InChI is InChI=1S/C15H26N2/c1-3-13(2)11-17-12-15(16)10-9-14-7-5-4-6-8-14/h4-8,13,15,17H,3,9-12,16H2,1-2H3. The fraction of sp³-hybridized carbons (Fsp3) is 0.600. The van der Waals surface area contributed by atoms with Crippen molar-refractivity contribution >= 4 is 0 Å². The van der Waals surface area contributed by atoms with Crippen molar-refractivity contribution in [1.82, 2.24) is 5.32 Å². The Hall–Kier alpha value is -0.860. The predicted molar refractivity (Wildman–Crippen MR) is 75.1 cm³/mol. The number of rotatable bonds is 8. The molecule has 0 saturated heterocycles. The van der Waals surface area contributed by atoms with Crippen molar-refractivity contribution in [3.63, 3.8) is 0 Å². The maximum absolute atomic E-state index is 6.09. The van der Waals surface area contributed by atoms with Gasteiger partial charge in [-0.2, -0.15) is 0 Å². The Morgan fingerprint density at radius 2 is 1.88 bits per heavy atom. The minimum absolute atomic E-state index is 0.263. The van der Waals surface area contributed by atoms with Crippen molar-refractivity contribution in [3.05, 3.63) is 35.9 Å². The molecule has 0 fully saturated rings. The van der Waals surface area contributed by atoms with Gasteiger partial charge in [-0.05, 0) is 30.9 Å². The van der Waals surface area contributed by atoms with E-state index in [1.54, 1.807) is 0 Å². The summed E-state index contributed by atoms with van der Waals surface area (Å²) >= 11 is 0. The lowest BCUT2D eigenvalue weighted by molar-refractivity contribution is 0.468. The topological polar surface area (TPSA) is 38.0 Å². The Balaban J connectivity index is 2.11. The summed E-state index contributed by atoms with van der Waals surface area (Å²) in [5, 5.41) is 3.45. The largest absolute Gasteiger partial charge is 0.327 e. The second kappa shape index (κ2) is 8.26. The van der Waals surface area contributed by atoms with Crippen LogP contribution >= 0.6 is 0 Å². The zero-order valence-corrected chi connectivity index (χ0v) is 11.2. The SMILES string of the molecule is CCC(C)CNCC(N)CCc1ccccc1. The monoisotopic (exact) mass is 234 g/mol. The molecule has 0 aliphatic heterocycles. The average molecular weight is 234 g/mol. The number of nitrogens with one attached hydrogen (secondary N) is 1. The second-order valence-corrected chi connectivity index (χ2v) is 4.96. The average Bonchev–Trinajstić information content (AvgIpc) is 2.37. The maximum Gasteiger partial charge on any atom is 0.0168 e. The van der Waals surface area contributed by atoms with Crippen LogP contribution < -0.4 is 11.1 Å². The van der Waals surface area contributed by atoms with Gasteiger partial charge < -0.3 is 11.1 Å². The van der Waals surface area contributed by atoms with E-state index in [0.29, 0.717) is 0 Å². The first kappa shape index (κ1) is 14.2. The van der Waals surface area contributed by atoms with Crippen molar-refractivity contribution in [2.45, 2.75) is 39.2 Å². The van der Waals surface area contributed by atoms with Crippen molar-refractivity contribution in [3.8, 4) is 0 Å². The highest BCUT2D eigenvalue weighted by atomic mass is 14.9. The lowest BCUT2D eigenvalue weighted by Gasteiger charge is -2.15. The number of nitrogens with two attached hydrogens (primary N) is 1. The van der Waals surface area contributed by atoms with Crippen LogP contribution in [0.25, 0.3) is 0 Å². The number of aryl methyl sites for hydroxylation is 1. The maximum atomic E-state index is 6.09. The number of hydrogen-bond acceptors (Lipinski definition) is 2. The molecule has 1 aromatic rings. The lowest BCUT2D eigenvalue weighted by atomic mass is 10.1. The van der Waals surface area contributed by atoms with Crippen LogP contribution in [0, 0.1) is 5.92 Å². The lowest BCUT2D eigenvalue weighted by Crippen LogP contribution is -2.36. The molecule has 0 spiro atoms. The molecular formula is C15H26N2. The molecular weight excluding hydrogens is 208 g/mol. The zero-order chi connectivity index (χ0) is 12.5. The van der Waals surface area contributed by atoms with Crippen molar-refractivity contribution in [1.29, 1.82) is 0 Å². The highest BCUT2D eigenvalue weighted by Crippen LogP contribution is 2.04. The van der Waals surface area contributed by atoms with Gasteiger partial charge in [0.1, 0.15) is 0 Å². The van der Waals surface area contributed by atoms with E-state index < -0.39 is 0 Å². The molecule has 0 aliphatic carbocycles. The fourth-order valence-electron chi connectivity index (χ4n) is 1.76. The van der Waals surface area contributed by atoms with Crippen molar-refractivity contribution in [2.24, 2.45) is 11.7 Å². The molecule has 0 bridgehead atoms. The third-order valence-electron chi connectivity index (χ3n) is 3.24. The van der Waals surface area contributed by atoms with Crippen LogP contribution in [0.5, 0.6) is 0 Å². The predicted octanol–water partition coefficient (Wildman–Crippen LogP) is 2.58. The van der Waals surface area contributed by atoms with Crippen LogP contribution in [0.15, 0.2) is 30.3 Å². The van der Waals surface area contributed by atoms with Gasteiger partial charge in [-0.25, -0.2) is 0 Å². The van der Waals surface area contributed by atoms with Crippen LogP contribution in [0.2, 0.25) is 0 Å². The second-order valence-electron chi connectivity index (χ2n) is 4.96. The van der Waals surface area contributed by atoms with Gasteiger partial charge in [0.05, 0.1) is 0 Å². The van der Waals surface area contributed by atoms with Crippen LogP contribution in [0.1, 0.15) is 32.3 Å². The molecule has 2 heteroatoms. The van der Waals surface area contributed by atoms with E-state index in [-0.39, 0.29) is 6.04 Å². The molecule has 1 aromatic carbocycles. The smallest absolute Gasteiger partial charge is 0.0168 e. The summed E-state index contributed by atoms with van der Waals surface area (Å²) in [6, 6.07) is 10.8. The van der Waals surface area contributed by atoms with Gasteiger partial charge in [0.15, 0.2) is 0 Å². The van der Waals surface area contributed by atoms with Crippen molar-refractivity contribution in [2.75, 3.05) is 13.1 Å². The Labute approximate surface area is 106 Å².